The molecule has 2 fully saturated rings. The molecule has 22 nitrogen and oxygen atoms in total. The van der Waals surface area contributed by atoms with Crippen LogP contribution in [0.4, 0.5) is 34.1 Å². The van der Waals surface area contributed by atoms with E-state index >= 15 is 0 Å². The maximum Gasteiger partial charge on any atom is 0.142 e. The summed E-state index contributed by atoms with van der Waals surface area (Å²) in [4.78, 5) is 13.7. The minimum Gasteiger partial charge on any atom is -0.490 e. The van der Waals surface area contributed by atoms with Gasteiger partial charge in [0, 0.05) is 66.6 Å². The Hall–Kier alpha value is -7.48. The van der Waals surface area contributed by atoms with Gasteiger partial charge in [0.1, 0.15) is 74.1 Å². The molecule has 0 atom stereocenters. The number of hydrogen-bond donors (Lipinski definition) is 0. The Morgan fingerprint density at radius 2 is 0.470 bits per heavy atom. The van der Waals surface area contributed by atoms with Crippen LogP contribution >= 0.6 is 0 Å². The van der Waals surface area contributed by atoms with Crippen LogP contribution in [-0.2, 0) is 47.4 Å². The van der Waals surface area contributed by atoms with Crippen molar-refractivity contribution in [1.29, 1.82) is 0 Å². The number of para-hydroxylation sites is 4. The lowest BCUT2D eigenvalue weighted by Gasteiger charge is -2.29. The van der Waals surface area contributed by atoms with E-state index in [0.29, 0.717) is 237 Å². The van der Waals surface area contributed by atoms with Crippen molar-refractivity contribution in [3.63, 3.8) is 0 Å². The van der Waals surface area contributed by atoms with Crippen LogP contribution in [0, 0.1) is 27.7 Å². The van der Waals surface area contributed by atoms with Crippen LogP contribution in [0.25, 0.3) is 0 Å². The minimum absolute atomic E-state index is 0.459. The Kier molecular flexibility index (Phi) is 33.8. The van der Waals surface area contributed by atoms with E-state index < -0.39 is 0 Å². The quantitative estimate of drug-likeness (QED) is 0.0938. The van der Waals surface area contributed by atoms with Crippen LogP contribution in [-0.4, -0.2) is 251 Å². The van der Waals surface area contributed by atoms with E-state index in [0.717, 1.165) is 90.9 Å². The van der Waals surface area contributed by atoms with Crippen molar-refractivity contribution >= 4 is 34.1 Å². The molecule has 0 spiro atoms. The van der Waals surface area contributed by atoms with Gasteiger partial charge in [-0.05, 0) is 123 Å². The predicted octanol–water partition coefficient (Wildman–Crippen LogP) is 10.00. The molecule has 6 aliphatic rings. The molecule has 12 rings (SSSR count). The third-order valence-electron chi connectivity index (χ3n) is 17.3. The second kappa shape index (κ2) is 44.0. The molecule has 0 amide bonds. The number of aryl methyl sites for hydroxylation is 4. The molecule has 0 aromatic heterocycles. The van der Waals surface area contributed by atoms with Gasteiger partial charge in [-0.25, -0.2) is 0 Å². The molecular weight excluding hydrogens is 1280 g/mol. The van der Waals surface area contributed by atoms with Gasteiger partial charge in [0.15, 0.2) is 0 Å². The molecule has 100 heavy (non-hydrogen) atoms. The molecule has 6 heterocycles. The zero-order valence-electron chi connectivity index (χ0n) is 60.2. The number of hydrogen-bond acceptors (Lipinski definition) is 22. The highest BCUT2D eigenvalue weighted by Crippen LogP contribution is 2.36. The third-order valence-corrected chi connectivity index (χ3v) is 17.3. The van der Waals surface area contributed by atoms with E-state index in [1.54, 1.807) is 14.2 Å². The highest BCUT2D eigenvalue weighted by molar-refractivity contribution is 5.64. The molecule has 6 aromatic rings. The molecule has 6 aliphatic heterocycles. The first kappa shape index (κ1) is 76.7. The summed E-state index contributed by atoms with van der Waals surface area (Å²) in [5.74, 6) is 4.92. The lowest BCUT2D eigenvalue weighted by molar-refractivity contribution is 0.0435. The van der Waals surface area contributed by atoms with Gasteiger partial charge in [-0.15, -0.1) is 0 Å². The van der Waals surface area contributed by atoms with Crippen molar-refractivity contribution in [3.8, 4) is 34.5 Å². The molecule has 2 saturated heterocycles. The van der Waals surface area contributed by atoms with E-state index in [1.807, 2.05) is 36.4 Å². The largest absolute Gasteiger partial charge is 0.490 e. The van der Waals surface area contributed by atoms with Crippen LogP contribution < -0.4 is 57.8 Å². The molecule has 4 bridgehead atoms. The van der Waals surface area contributed by atoms with Crippen molar-refractivity contribution in [2.75, 3.05) is 281 Å². The standard InChI is InChI=1S/2C39H55N3O8/c2*1-32-8-10-35-38(30-32)48-22-16-42(34-6-4-5-7-37(34)50-29-24-43-3)17-23-49-39-31-33(2)9-11-36(39)41-14-20-46-27-25-44-18-12-40(35)13-19-45-26-28-47-21-15-41/h2*4-11,30-31H,12-29H2,1-3H3. The average Bonchev–Trinajstić information content (AvgIpc) is 0.919. The van der Waals surface area contributed by atoms with E-state index in [2.05, 4.69) is 142 Å². The number of benzene rings is 6. The zero-order chi connectivity index (χ0) is 69.6. The van der Waals surface area contributed by atoms with Gasteiger partial charge >= 0.3 is 0 Å². The lowest BCUT2D eigenvalue weighted by Crippen LogP contribution is -2.34. The lowest BCUT2D eigenvalue weighted by atomic mass is 10.2. The first-order valence-corrected chi connectivity index (χ1v) is 35.7. The average molecular weight is 1390 g/mol. The number of nitrogens with zero attached hydrogens (tertiary/aromatic N) is 6. The molecule has 0 saturated carbocycles. The Morgan fingerprint density at radius 3 is 0.710 bits per heavy atom. The van der Waals surface area contributed by atoms with Crippen molar-refractivity contribution in [2.45, 2.75) is 27.7 Å². The fourth-order valence-corrected chi connectivity index (χ4v) is 12.0. The van der Waals surface area contributed by atoms with E-state index in [9.17, 15) is 0 Å². The van der Waals surface area contributed by atoms with E-state index in [4.69, 9.17) is 75.8 Å². The second-order valence-electron chi connectivity index (χ2n) is 24.7. The van der Waals surface area contributed by atoms with Crippen molar-refractivity contribution < 1.29 is 75.8 Å². The minimum atomic E-state index is 0.459. The van der Waals surface area contributed by atoms with E-state index in [-0.39, 0.29) is 0 Å². The molecule has 0 aliphatic carbocycles. The fraction of sp³-hybridized carbons (Fsp3) is 0.538. The smallest absolute Gasteiger partial charge is 0.142 e. The van der Waals surface area contributed by atoms with Gasteiger partial charge in [0.25, 0.3) is 0 Å². The van der Waals surface area contributed by atoms with Crippen LogP contribution in [0.3, 0.4) is 0 Å². The van der Waals surface area contributed by atoms with Crippen LogP contribution in [0.15, 0.2) is 121 Å². The van der Waals surface area contributed by atoms with Gasteiger partial charge in [0.05, 0.1) is 179 Å². The summed E-state index contributed by atoms with van der Waals surface area (Å²) in [6.07, 6.45) is 0. The highest BCUT2D eigenvalue weighted by atomic mass is 16.6. The van der Waals surface area contributed by atoms with Crippen molar-refractivity contribution in [1.82, 2.24) is 0 Å². The Morgan fingerprint density at radius 1 is 0.250 bits per heavy atom. The number of anilines is 6. The molecular formula is C78H110N6O16. The van der Waals surface area contributed by atoms with Crippen LogP contribution in [0.1, 0.15) is 22.3 Å². The fourth-order valence-electron chi connectivity index (χ4n) is 12.0. The number of rotatable bonds is 10. The van der Waals surface area contributed by atoms with Gasteiger partial charge < -0.3 is 105 Å². The van der Waals surface area contributed by atoms with Gasteiger partial charge in [-0.1, -0.05) is 48.5 Å². The Bertz CT molecular complexity index is 2870. The summed E-state index contributed by atoms with van der Waals surface area (Å²) < 4.78 is 97.7. The number of fused-ring (bicyclic) bond motifs is 40. The molecule has 548 valence electrons. The normalized spacial score (nSPS) is 17.9. The van der Waals surface area contributed by atoms with Gasteiger partial charge in [-0.3, -0.25) is 0 Å². The van der Waals surface area contributed by atoms with Crippen molar-refractivity contribution in [2.24, 2.45) is 0 Å². The highest BCUT2D eigenvalue weighted by Gasteiger charge is 2.23. The maximum absolute atomic E-state index is 6.61. The summed E-state index contributed by atoms with van der Waals surface area (Å²) in [6.45, 7) is 28.8. The number of ether oxygens (including phenoxy) is 16. The Balaban J connectivity index is 0.000000233. The Labute approximate surface area is 593 Å². The monoisotopic (exact) mass is 1390 g/mol. The third kappa shape index (κ3) is 25.5. The van der Waals surface area contributed by atoms with Gasteiger partial charge in [-0.2, -0.15) is 0 Å². The van der Waals surface area contributed by atoms with Crippen molar-refractivity contribution in [3.05, 3.63) is 144 Å². The number of methoxy groups -OCH3 is 2. The van der Waals surface area contributed by atoms with Gasteiger partial charge in [0.2, 0.25) is 0 Å². The van der Waals surface area contributed by atoms with E-state index in [1.165, 1.54) is 0 Å². The van der Waals surface area contributed by atoms with Crippen LogP contribution in [0.5, 0.6) is 34.5 Å². The second-order valence-corrected chi connectivity index (χ2v) is 24.7. The van der Waals surface area contributed by atoms with Crippen LogP contribution in [0.2, 0.25) is 0 Å². The predicted molar refractivity (Wildman–Crippen MR) is 394 cm³/mol. The molecule has 0 N–H and O–H groups in total. The maximum atomic E-state index is 6.61. The summed E-state index contributed by atoms with van der Waals surface area (Å²) in [7, 11) is 3.36. The summed E-state index contributed by atoms with van der Waals surface area (Å²) >= 11 is 0. The first-order valence-electron chi connectivity index (χ1n) is 35.7. The first-order chi connectivity index (χ1) is 49.2. The topological polar surface area (TPSA) is 167 Å². The summed E-state index contributed by atoms with van der Waals surface area (Å²) in [5, 5.41) is 0. The molecule has 0 radical (unpaired) electrons. The SMILES string of the molecule is COCCOc1ccccc1N1CCOc2cc(C)ccc2N2CCOCCOCCN(CCOCCOCC2)c2ccc(C)cc2OCC1.COCCOc1ccccc1N1CCOc2cc(C)ccc2N2CCOCCOCCN(CCOCCOCC2)c2ccc(C)cc2OCC1. The molecule has 22 heteroatoms. The zero-order valence-corrected chi connectivity index (χ0v) is 60.2. The molecule has 6 aromatic carbocycles. The summed E-state index contributed by atoms with van der Waals surface area (Å²) in [5.41, 5.74) is 10.5. The summed E-state index contributed by atoms with van der Waals surface area (Å²) in [6, 6.07) is 41.7. The molecule has 0 unspecified atom stereocenters.